The van der Waals surface area contributed by atoms with Crippen molar-refractivity contribution < 1.29 is 4.74 Å². The summed E-state index contributed by atoms with van der Waals surface area (Å²) >= 11 is 1.79. The van der Waals surface area contributed by atoms with Gasteiger partial charge in [0, 0.05) is 23.5 Å². The van der Waals surface area contributed by atoms with Crippen LogP contribution in [-0.2, 0) is 12.3 Å². The van der Waals surface area contributed by atoms with Gasteiger partial charge < -0.3 is 14.6 Å². The molecule has 2 aromatic carbocycles. The second-order valence-corrected chi connectivity index (χ2v) is 8.86. The highest BCUT2D eigenvalue weighted by Crippen LogP contribution is 2.34. The molecule has 0 bridgehead atoms. The van der Waals surface area contributed by atoms with Gasteiger partial charge in [0.2, 0.25) is 0 Å². The number of nitrogens with zero attached hydrogens (tertiary/aromatic N) is 3. The highest BCUT2D eigenvalue weighted by molar-refractivity contribution is 7.98. The predicted octanol–water partition coefficient (Wildman–Crippen LogP) is 6.00. The first-order chi connectivity index (χ1) is 14.7. The molecule has 1 aromatic heterocycles. The molecule has 0 saturated heterocycles. The predicted molar refractivity (Wildman–Crippen MR) is 123 cm³/mol. The first-order valence-corrected chi connectivity index (χ1v) is 11.7. The summed E-state index contributed by atoms with van der Waals surface area (Å²) in [6.07, 6.45) is 6.33. The van der Waals surface area contributed by atoms with Gasteiger partial charge in [0.15, 0.2) is 11.0 Å². The molecule has 6 heteroatoms. The van der Waals surface area contributed by atoms with Crippen LogP contribution >= 0.6 is 11.8 Å². The maximum atomic E-state index is 5.33. The van der Waals surface area contributed by atoms with E-state index in [1.807, 2.05) is 18.2 Å². The van der Waals surface area contributed by atoms with Crippen molar-refractivity contribution in [3.05, 3.63) is 65.5 Å². The molecule has 1 aliphatic carbocycles. The Hall–Kier alpha value is -2.47. The fraction of sp³-hybridized carbons (Fsp3) is 0.417. The minimum absolute atomic E-state index is 0.497. The lowest BCUT2D eigenvalue weighted by atomic mass is 9.95. The van der Waals surface area contributed by atoms with Crippen LogP contribution in [0.5, 0.6) is 5.75 Å². The van der Waals surface area contributed by atoms with Crippen molar-refractivity contribution in [3.63, 3.8) is 0 Å². The van der Waals surface area contributed by atoms with E-state index in [0.29, 0.717) is 12.6 Å². The molecule has 5 nitrogen and oxygen atoms in total. The number of aryl methyl sites for hydroxylation is 1. The molecule has 4 rings (SSSR count). The normalized spacial score (nSPS) is 14.6. The van der Waals surface area contributed by atoms with E-state index in [4.69, 9.17) is 4.74 Å². The Labute approximate surface area is 183 Å². The quantitative estimate of drug-likeness (QED) is 0.451. The van der Waals surface area contributed by atoms with Crippen LogP contribution in [0.3, 0.4) is 0 Å². The fourth-order valence-electron chi connectivity index (χ4n) is 3.98. The third-order valence-electron chi connectivity index (χ3n) is 5.68. The van der Waals surface area contributed by atoms with Crippen molar-refractivity contribution >= 4 is 17.4 Å². The number of nitrogens with one attached hydrogen (secondary N) is 1. The first kappa shape index (κ1) is 20.8. The van der Waals surface area contributed by atoms with E-state index in [-0.39, 0.29) is 0 Å². The van der Waals surface area contributed by atoms with Crippen molar-refractivity contribution in [1.29, 1.82) is 0 Å². The third kappa shape index (κ3) is 5.17. The molecule has 158 valence electrons. The zero-order valence-corrected chi connectivity index (χ0v) is 18.6. The van der Waals surface area contributed by atoms with Gasteiger partial charge >= 0.3 is 0 Å². The molecule has 0 spiro atoms. The smallest absolute Gasteiger partial charge is 0.191 e. The summed E-state index contributed by atoms with van der Waals surface area (Å²) in [7, 11) is 1.69. The second kappa shape index (κ2) is 10.0. The Morgan fingerprint density at radius 1 is 1.07 bits per heavy atom. The zero-order chi connectivity index (χ0) is 20.8. The summed E-state index contributed by atoms with van der Waals surface area (Å²) in [5, 5.41) is 13.7. The van der Waals surface area contributed by atoms with Crippen LogP contribution < -0.4 is 10.1 Å². The number of ether oxygens (including phenoxy) is 1. The van der Waals surface area contributed by atoms with Crippen molar-refractivity contribution in [2.24, 2.45) is 0 Å². The standard InChI is InChI=1S/C24H30N4OS/c1-18-11-13-19(14-12-18)17-30-24-27-26-23(28(24)21-8-4-3-5-9-21)16-25-20-7-6-10-22(15-20)29-2/h6-7,10-15,21,25H,3-5,8-9,16-17H2,1-2H3. The summed E-state index contributed by atoms with van der Waals surface area (Å²) in [5.41, 5.74) is 3.64. The van der Waals surface area contributed by atoms with Crippen molar-refractivity contribution in [2.45, 2.75) is 62.5 Å². The van der Waals surface area contributed by atoms with Gasteiger partial charge in [-0.1, -0.05) is 66.9 Å². The van der Waals surface area contributed by atoms with Gasteiger partial charge in [0.05, 0.1) is 13.7 Å². The van der Waals surface area contributed by atoms with Crippen LogP contribution in [0, 0.1) is 6.92 Å². The van der Waals surface area contributed by atoms with Crippen LogP contribution in [0.4, 0.5) is 5.69 Å². The molecule has 30 heavy (non-hydrogen) atoms. The van der Waals surface area contributed by atoms with E-state index in [9.17, 15) is 0 Å². The molecular weight excluding hydrogens is 392 g/mol. The molecule has 1 saturated carbocycles. The lowest BCUT2D eigenvalue weighted by Crippen LogP contribution is -2.18. The number of thioether (sulfide) groups is 1. The van der Waals surface area contributed by atoms with E-state index in [0.717, 1.165) is 28.2 Å². The number of aromatic nitrogens is 3. The largest absolute Gasteiger partial charge is 0.497 e. The van der Waals surface area contributed by atoms with E-state index in [1.54, 1.807) is 18.9 Å². The molecule has 1 N–H and O–H groups in total. The van der Waals surface area contributed by atoms with Crippen LogP contribution in [0.2, 0.25) is 0 Å². The van der Waals surface area contributed by atoms with E-state index in [2.05, 4.69) is 57.3 Å². The molecule has 1 fully saturated rings. The minimum atomic E-state index is 0.497. The van der Waals surface area contributed by atoms with E-state index >= 15 is 0 Å². The monoisotopic (exact) mass is 422 g/mol. The van der Waals surface area contributed by atoms with Gasteiger partial charge in [-0.3, -0.25) is 0 Å². The minimum Gasteiger partial charge on any atom is -0.497 e. The number of hydrogen-bond donors (Lipinski definition) is 1. The van der Waals surface area contributed by atoms with Crippen molar-refractivity contribution in [2.75, 3.05) is 12.4 Å². The Balaban J connectivity index is 1.51. The Kier molecular flexibility index (Phi) is 6.95. The summed E-state index contributed by atoms with van der Waals surface area (Å²) < 4.78 is 7.73. The average Bonchev–Trinajstić information content (AvgIpc) is 3.21. The maximum absolute atomic E-state index is 5.33. The van der Waals surface area contributed by atoms with Crippen molar-refractivity contribution in [3.8, 4) is 5.75 Å². The highest BCUT2D eigenvalue weighted by atomic mass is 32.2. The number of methoxy groups -OCH3 is 1. The number of rotatable bonds is 8. The van der Waals surface area contributed by atoms with Gasteiger partial charge in [-0.2, -0.15) is 0 Å². The molecule has 0 amide bonds. The molecule has 3 aromatic rings. The lowest BCUT2D eigenvalue weighted by Gasteiger charge is -2.25. The second-order valence-electron chi connectivity index (χ2n) is 7.92. The van der Waals surface area contributed by atoms with Gasteiger partial charge in [-0.25, -0.2) is 0 Å². The molecule has 0 aliphatic heterocycles. The van der Waals surface area contributed by atoms with E-state index < -0.39 is 0 Å². The fourth-order valence-corrected chi connectivity index (χ4v) is 4.96. The topological polar surface area (TPSA) is 52.0 Å². The molecule has 0 radical (unpaired) electrons. The first-order valence-electron chi connectivity index (χ1n) is 10.7. The summed E-state index contributed by atoms with van der Waals surface area (Å²) in [5.74, 6) is 2.77. The third-order valence-corrected chi connectivity index (χ3v) is 6.70. The van der Waals surface area contributed by atoms with Gasteiger partial charge in [-0.05, 0) is 37.5 Å². The van der Waals surface area contributed by atoms with Crippen LogP contribution in [-0.4, -0.2) is 21.9 Å². The number of anilines is 1. The Morgan fingerprint density at radius 3 is 2.63 bits per heavy atom. The Morgan fingerprint density at radius 2 is 1.87 bits per heavy atom. The SMILES string of the molecule is COc1cccc(NCc2nnc(SCc3ccc(C)cc3)n2C2CCCCC2)c1. The van der Waals surface area contributed by atoms with Crippen LogP contribution in [0.25, 0.3) is 0 Å². The van der Waals surface area contributed by atoms with Crippen LogP contribution in [0.1, 0.15) is 55.1 Å². The highest BCUT2D eigenvalue weighted by Gasteiger charge is 2.23. The van der Waals surface area contributed by atoms with Gasteiger partial charge in [0.1, 0.15) is 5.75 Å². The van der Waals surface area contributed by atoms with Crippen LogP contribution in [0.15, 0.2) is 53.7 Å². The lowest BCUT2D eigenvalue weighted by molar-refractivity contribution is 0.330. The van der Waals surface area contributed by atoms with Gasteiger partial charge in [-0.15, -0.1) is 10.2 Å². The Bertz CT molecular complexity index is 948. The summed E-state index contributed by atoms with van der Waals surface area (Å²) in [4.78, 5) is 0. The van der Waals surface area contributed by atoms with Gasteiger partial charge in [0.25, 0.3) is 0 Å². The summed E-state index contributed by atoms with van der Waals surface area (Å²) in [6, 6.07) is 17.3. The average molecular weight is 423 g/mol. The molecule has 0 unspecified atom stereocenters. The number of benzene rings is 2. The molecular formula is C24H30N4OS. The number of hydrogen-bond acceptors (Lipinski definition) is 5. The van der Waals surface area contributed by atoms with E-state index in [1.165, 1.54) is 43.2 Å². The molecule has 0 atom stereocenters. The molecule has 1 aliphatic rings. The molecule has 1 heterocycles. The summed E-state index contributed by atoms with van der Waals surface area (Å²) in [6.45, 7) is 2.78. The maximum Gasteiger partial charge on any atom is 0.191 e. The van der Waals surface area contributed by atoms with Crippen molar-refractivity contribution in [1.82, 2.24) is 14.8 Å². The zero-order valence-electron chi connectivity index (χ0n) is 17.8.